The van der Waals surface area contributed by atoms with Gasteiger partial charge in [-0.25, -0.2) is 0 Å². The van der Waals surface area contributed by atoms with E-state index in [-0.39, 0.29) is 12.1 Å². The molecule has 2 heteroatoms. The second-order valence-electron chi connectivity index (χ2n) is 5.48. The van der Waals surface area contributed by atoms with Gasteiger partial charge in [0, 0.05) is 6.92 Å². The van der Waals surface area contributed by atoms with E-state index < -0.39 is 0 Å². The van der Waals surface area contributed by atoms with Crippen LogP contribution in [-0.2, 0) is 9.53 Å². The van der Waals surface area contributed by atoms with Gasteiger partial charge >= 0.3 is 5.97 Å². The van der Waals surface area contributed by atoms with E-state index in [0.29, 0.717) is 0 Å². The number of ether oxygens (including phenoxy) is 1. The zero-order valence-corrected chi connectivity index (χ0v) is 9.87. The average Bonchev–Trinajstić information content (AvgIpc) is 2.17. The summed E-state index contributed by atoms with van der Waals surface area (Å²) in [7, 11) is 0. The Bertz CT molecular complexity index is 237. The second kappa shape index (κ2) is 4.54. The minimum absolute atomic E-state index is 0.109. The van der Waals surface area contributed by atoms with E-state index in [4.69, 9.17) is 4.74 Å². The van der Waals surface area contributed by atoms with E-state index in [1.807, 2.05) is 0 Å². The quantitative estimate of drug-likeness (QED) is 0.621. The fourth-order valence-electron chi connectivity index (χ4n) is 3.42. The molecule has 0 N–H and O–H groups in total. The van der Waals surface area contributed by atoms with Crippen molar-refractivity contribution in [3.8, 4) is 0 Å². The van der Waals surface area contributed by atoms with Crippen LogP contribution in [0.25, 0.3) is 0 Å². The molecule has 86 valence electrons. The zero-order chi connectivity index (χ0) is 10.8. The maximum absolute atomic E-state index is 10.9. The number of carbonyl (C=O) groups is 1. The van der Waals surface area contributed by atoms with Gasteiger partial charge in [-0.3, -0.25) is 4.79 Å². The van der Waals surface area contributed by atoms with Crippen molar-refractivity contribution in [3.63, 3.8) is 0 Å². The van der Waals surface area contributed by atoms with Gasteiger partial charge < -0.3 is 4.74 Å². The van der Waals surface area contributed by atoms with Crippen LogP contribution in [0.4, 0.5) is 0 Å². The number of hydrogen-bond acceptors (Lipinski definition) is 2. The van der Waals surface area contributed by atoms with Crippen LogP contribution in [0.15, 0.2) is 0 Å². The Labute approximate surface area is 92.4 Å². The highest BCUT2D eigenvalue weighted by atomic mass is 16.5. The molecule has 2 rings (SSSR count). The topological polar surface area (TPSA) is 26.3 Å². The van der Waals surface area contributed by atoms with Crippen molar-refractivity contribution < 1.29 is 9.53 Å². The number of rotatable bonds is 1. The number of fused-ring (bicyclic) bond motifs is 1. The summed E-state index contributed by atoms with van der Waals surface area (Å²) in [5.74, 6) is 2.55. The van der Waals surface area contributed by atoms with Crippen molar-refractivity contribution in [2.24, 2.45) is 17.8 Å². The molecule has 0 heterocycles. The Morgan fingerprint density at radius 2 is 1.73 bits per heavy atom. The van der Waals surface area contributed by atoms with Gasteiger partial charge in [0.25, 0.3) is 0 Å². The SMILES string of the molecule is CC(=O)O[C@H]1CCC2C[C@@H](C)CCC2C1. The molecule has 4 atom stereocenters. The lowest BCUT2D eigenvalue weighted by Gasteiger charge is -2.40. The fraction of sp³-hybridized carbons (Fsp3) is 0.923. The number of carbonyl (C=O) groups excluding carboxylic acids is 1. The molecule has 0 bridgehead atoms. The van der Waals surface area contributed by atoms with E-state index in [0.717, 1.165) is 30.6 Å². The molecule has 0 aliphatic heterocycles. The molecule has 0 spiro atoms. The lowest BCUT2D eigenvalue weighted by atomic mass is 9.67. The molecule has 0 aromatic carbocycles. The summed E-state index contributed by atoms with van der Waals surface area (Å²) in [5, 5.41) is 0. The van der Waals surface area contributed by atoms with Crippen molar-refractivity contribution in [3.05, 3.63) is 0 Å². The summed E-state index contributed by atoms with van der Waals surface area (Å²) in [4.78, 5) is 10.9. The van der Waals surface area contributed by atoms with Crippen molar-refractivity contribution in [1.29, 1.82) is 0 Å². The van der Waals surface area contributed by atoms with Gasteiger partial charge in [0.15, 0.2) is 0 Å². The van der Waals surface area contributed by atoms with Gasteiger partial charge in [-0.2, -0.15) is 0 Å². The van der Waals surface area contributed by atoms with E-state index in [9.17, 15) is 4.79 Å². The summed E-state index contributed by atoms with van der Waals surface area (Å²) in [5.41, 5.74) is 0. The second-order valence-corrected chi connectivity index (χ2v) is 5.48. The fourth-order valence-corrected chi connectivity index (χ4v) is 3.42. The summed E-state index contributed by atoms with van der Waals surface area (Å²) in [6, 6.07) is 0. The summed E-state index contributed by atoms with van der Waals surface area (Å²) < 4.78 is 5.33. The predicted octanol–water partition coefficient (Wildman–Crippen LogP) is 3.15. The van der Waals surface area contributed by atoms with E-state index in [1.54, 1.807) is 0 Å². The highest BCUT2D eigenvalue weighted by molar-refractivity contribution is 5.66. The van der Waals surface area contributed by atoms with Gasteiger partial charge in [-0.05, 0) is 49.9 Å². The smallest absolute Gasteiger partial charge is 0.302 e. The monoisotopic (exact) mass is 210 g/mol. The molecule has 2 unspecified atom stereocenters. The molecule has 2 fully saturated rings. The highest BCUT2D eigenvalue weighted by Crippen LogP contribution is 2.43. The lowest BCUT2D eigenvalue weighted by molar-refractivity contribution is -0.149. The Balaban J connectivity index is 1.87. The third kappa shape index (κ3) is 2.73. The minimum Gasteiger partial charge on any atom is -0.463 e. The first-order valence-electron chi connectivity index (χ1n) is 6.32. The maximum Gasteiger partial charge on any atom is 0.302 e. The Kier molecular flexibility index (Phi) is 3.32. The summed E-state index contributed by atoms with van der Waals surface area (Å²) >= 11 is 0. The molecule has 2 aliphatic rings. The molecule has 0 saturated heterocycles. The Morgan fingerprint density at radius 3 is 2.47 bits per heavy atom. The molecular weight excluding hydrogens is 188 g/mol. The normalized spacial score (nSPS) is 40.7. The third-order valence-corrected chi connectivity index (χ3v) is 4.16. The molecule has 0 aromatic heterocycles. The lowest BCUT2D eigenvalue weighted by Crippen LogP contribution is -2.34. The molecule has 2 nitrogen and oxygen atoms in total. The Hall–Kier alpha value is -0.530. The standard InChI is InChI=1S/C13H22O2/c1-9-3-4-12-8-13(15-10(2)14)6-5-11(12)7-9/h9,11-13H,3-8H2,1-2H3/t9-,11?,12?,13-/m0/s1. The first-order chi connectivity index (χ1) is 7.15. The van der Waals surface area contributed by atoms with Gasteiger partial charge in [0.2, 0.25) is 0 Å². The largest absolute Gasteiger partial charge is 0.463 e. The van der Waals surface area contributed by atoms with E-state index in [2.05, 4.69) is 6.92 Å². The molecule has 2 aliphatic carbocycles. The van der Waals surface area contributed by atoms with Gasteiger partial charge in [-0.15, -0.1) is 0 Å². The average molecular weight is 210 g/mol. The molecule has 0 radical (unpaired) electrons. The van der Waals surface area contributed by atoms with Crippen molar-refractivity contribution in [2.45, 2.75) is 58.5 Å². The first kappa shape index (κ1) is 11.0. The molecule has 2 saturated carbocycles. The predicted molar refractivity (Wildman–Crippen MR) is 59.4 cm³/mol. The Morgan fingerprint density at radius 1 is 1.07 bits per heavy atom. The summed E-state index contributed by atoms with van der Waals surface area (Å²) in [6.07, 6.45) is 7.82. The van der Waals surface area contributed by atoms with Gasteiger partial charge in [0.05, 0.1) is 0 Å². The summed E-state index contributed by atoms with van der Waals surface area (Å²) in [6.45, 7) is 3.89. The minimum atomic E-state index is -0.109. The van der Waals surface area contributed by atoms with Crippen LogP contribution in [0.2, 0.25) is 0 Å². The molecule has 0 aromatic rings. The van der Waals surface area contributed by atoms with Crippen molar-refractivity contribution >= 4 is 5.97 Å². The van der Waals surface area contributed by atoms with Gasteiger partial charge in [0.1, 0.15) is 6.10 Å². The third-order valence-electron chi connectivity index (χ3n) is 4.16. The maximum atomic E-state index is 10.9. The van der Waals surface area contributed by atoms with Crippen molar-refractivity contribution in [1.82, 2.24) is 0 Å². The zero-order valence-electron chi connectivity index (χ0n) is 9.87. The highest BCUT2D eigenvalue weighted by Gasteiger charge is 2.35. The van der Waals surface area contributed by atoms with Crippen LogP contribution < -0.4 is 0 Å². The van der Waals surface area contributed by atoms with Crippen LogP contribution in [0.3, 0.4) is 0 Å². The van der Waals surface area contributed by atoms with Crippen LogP contribution in [-0.4, -0.2) is 12.1 Å². The van der Waals surface area contributed by atoms with Crippen LogP contribution in [0, 0.1) is 17.8 Å². The van der Waals surface area contributed by atoms with Crippen LogP contribution in [0.5, 0.6) is 0 Å². The molecular formula is C13H22O2. The number of hydrogen-bond donors (Lipinski definition) is 0. The van der Waals surface area contributed by atoms with Crippen LogP contribution >= 0.6 is 0 Å². The number of esters is 1. The molecule has 15 heavy (non-hydrogen) atoms. The first-order valence-corrected chi connectivity index (χ1v) is 6.32. The van der Waals surface area contributed by atoms with E-state index in [1.165, 1.54) is 32.6 Å². The molecule has 0 amide bonds. The van der Waals surface area contributed by atoms with Gasteiger partial charge in [-0.1, -0.05) is 13.3 Å². The van der Waals surface area contributed by atoms with Crippen LogP contribution in [0.1, 0.15) is 52.4 Å². The van der Waals surface area contributed by atoms with E-state index >= 15 is 0 Å². The van der Waals surface area contributed by atoms with Crippen molar-refractivity contribution in [2.75, 3.05) is 0 Å².